The van der Waals surface area contributed by atoms with Gasteiger partial charge in [0.15, 0.2) is 11.6 Å². The van der Waals surface area contributed by atoms with Gasteiger partial charge in [-0.05, 0) is 51.8 Å². The topological polar surface area (TPSA) is 149 Å². The maximum atomic E-state index is 12.7. The molecule has 3 rings (SSSR count). The number of aryl methyl sites for hydroxylation is 2. The number of aliphatic hydroxyl groups is 1. The first-order valence-electron chi connectivity index (χ1n) is 9.30. The van der Waals surface area contributed by atoms with Crippen LogP contribution in [0, 0.1) is 13.8 Å². The van der Waals surface area contributed by atoms with Gasteiger partial charge in [-0.1, -0.05) is 6.07 Å². The number of aromatic nitrogens is 5. The predicted molar refractivity (Wildman–Crippen MR) is 112 cm³/mol. The van der Waals surface area contributed by atoms with Gasteiger partial charge in [0.2, 0.25) is 10.0 Å². The van der Waals surface area contributed by atoms with Gasteiger partial charge in [-0.2, -0.15) is 9.78 Å². The van der Waals surface area contributed by atoms with E-state index in [1.807, 2.05) is 6.92 Å². The minimum absolute atomic E-state index is 0.0932. The second-order valence-corrected chi connectivity index (χ2v) is 9.40. The standard InChI is InChI=1S/C19H25N7O3S/c1-12-5-6-14(30(28,29)23-8-7-19(3,4)27)9-15(12)16-10-21-17(20)18(24-16)26-11-22-13(2)25-26/h5-6,9-11,23,27H,7-8H2,1-4H3,(H2,20,21). The largest absolute Gasteiger partial charge is 0.390 e. The summed E-state index contributed by atoms with van der Waals surface area (Å²) in [5.74, 6) is 1.05. The number of rotatable bonds is 7. The lowest BCUT2D eigenvalue weighted by atomic mass is 10.1. The van der Waals surface area contributed by atoms with E-state index in [0.717, 1.165) is 5.56 Å². The van der Waals surface area contributed by atoms with Gasteiger partial charge in [-0.15, -0.1) is 0 Å². The van der Waals surface area contributed by atoms with Crippen LogP contribution in [0.4, 0.5) is 5.82 Å². The van der Waals surface area contributed by atoms with Crippen LogP contribution in [-0.4, -0.2) is 50.4 Å². The molecule has 0 saturated carbocycles. The number of hydrogen-bond donors (Lipinski definition) is 3. The van der Waals surface area contributed by atoms with Crippen LogP contribution in [0.1, 0.15) is 31.7 Å². The summed E-state index contributed by atoms with van der Waals surface area (Å²) in [6, 6.07) is 4.77. The minimum Gasteiger partial charge on any atom is -0.390 e. The Bertz CT molecular complexity index is 1170. The lowest BCUT2D eigenvalue weighted by Crippen LogP contribution is -2.30. The summed E-state index contributed by atoms with van der Waals surface area (Å²) in [5.41, 5.74) is 6.87. The molecule has 0 aliphatic rings. The van der Waals surface area contributed by atoms with E-state index in [4.69, 9.17) is 5.73 Å². The number of nitrogens with zero attached hydrogens (tertiary/aromatic N) is 5. The average molecular weight is 432 g/mol. The normalized spacial score (nSPS) is 12.3. The summed E-state index contributed by atoms with van der Waals surface area (Å²) in [6.45, 7) is 6.96. The zero-order valence-electron chi connectivity index (χ0n) is 17.3. The molecule has 10 nitrogen and oxygen atoms in total. The van der Waals surface area contributed by atoms with Crippen molar-refractivity contribution in [3.63, 3.8) is 0 Å². The molecule has 0 aliphatic heterocycles. The van der Waals surface area contributed by atoms with Crippen molar-refractivity contribution in [1.82, 2.24) is 29.5 Å². The zero-order valence-corrected chi connectivity index (χ0v) is 18.1. The first kappa shape index (κ1) is 21.8. The number of nitrogens with two attached hydrogens (primary N) is 1. The van der Waals surface area contributed by atoms with E-state index in [0.29, 0.717) is 22.9 Å². The summed E-state index contributed by atoms with van der Waals surface area (Å²) >= 11 is 0. The van der Waals surface area contributed by atoms with E-state index >= 15 is 0 Å². The first-order valence-corrected chi connectivity index (χ1v) is 10.8. The highest BCUT2D eigenvalue weighted by atomic mass is 32.2. The maximum Gasteiger partial charge on any atom is 0.240 e. The Hall–Kier alpha value is -2.89. The van der Waals surface area contributed by atoms with Crippen molar-refractivity contribution in [2.45, 2.75) is 44.6 Å². The van der Waals surface area contributed by atoms with Crippen molar-refractivity contribution < 1.29 is 13.5 Å². The molecule has 0 atom stereocenters. The average Bonchev–Trinajstić information content (AvgIpc) is 3.07. The van der Waals surface area contributed by atoms with Crippen LogP contribution in [0.2, 0.25) is 0 Å². The van der Waals surface area contributed by atoms with Crippen molar-refractivity contribution in [1.29, 1.82) is 0 Å². The fourth-order valence-electron chi connectivity index (χ4n) is 2.75. The highest BCUT2D eigenvalue weighted by molar-refractivity contribution is 7.89. The Morgan fingerprint density at radius 3 is 2.60 bits per heavy atom. The van der Waals surface area contributed by atoms with Gasteiger partial charge in [-0.25, -0.2) is 28.1 Å². The summed E-state index contributed by atoms with van der Waals surface area (Å²) in [7, 11) is -3.76. The molecule has 4 N–H and O–H groups in total. The molecule has 0 amide bonds. The van der Waals surface area contributed by atoms with Crippen LogP contribution in [0.3, 0.4) is 0 Å². The molecule has 0 fully saturated rings. The molecule has 1 aromatic carbocycles. The third-order valence-corrected chi connectivity index (χ3v) is 5.89. The minimum atomic E-state index is -3.76. The van der Waals surface area contributed by atoms with E-state index in [2.05, 4.69) is 24.8 Å². The molecular weight excluding hydrogens is 406 g/mol. The van der Waals surface area contributed by atoms with Crippen LogP contribution < -0.4 is 10.5 Å². The van der Waals surface area contributed by atoms with Crippen LogP contribution in [0.15, 0.2) is 35.6 Å². The third kappa shape index (κ3) is 4.99. The highest BCUT2D eigenvalue weighted by Crippen LogP contribution is 2.26. The van der Waals surface area contributed by atoms with Crippen LogP contribution >= 0.6 is 0 Å². The van der Waals surface area contributed by atoms with Gasteiger partial charge in [-0.3, -0.25) is 0 Å². The smallest absolute Gasteiger partial charge is 0.240 e. The van der Waals surface area contributed by atoms with Gasteiger partial charge in [0.25, 0.3) is 0 Å². The number of hydrogen-bond acceptors (Lipinski definition) is 8. The zero-order chi connectivity index (χ0) is 22.1. The Labute approximate surface area is 175 Å². The van der Waals surface area contributed by atoms with Gasteiger partial charge in [0.05, 0.1) is 22.4 Å². The number of nitrogen functional groups attached to an aromatic ring is 1. The molecule has 3 aromatic rings. The second-order valence-electron chi connectivity index (χ2n) is 7.64. The van der Waals surface area contributed by atoms with E-state index in [1.54, 1.807) is 32.9 Å². The molecule has 0 unspecified atom stereocenters. The van der Waals surface area contributed by atoms with Crippen LogP contribution in [0.5, 0.6) is 0 Å². The molecule has 0 radical (unpaired) electrons. The predicted octanol–water partition coefficient (Wildman–Crippen LogP) is 1.36. The third-order valence-electron chi connectivity index (χ3n) is 4.43. The summed E-state index contributed by atoms with van der Waals surface area (Å²) in [5, 5.41) is 14.0. The molecule has 2 aromatic heterocycles. The molecule has 0 bridgehead atoms. The Morgan fingerprint density at radius 2 is 1.97 bits per heavy atom. The van der Waals surface area contributed by atoms with Gasteiger partial charge < -0.3 is 10.8 Å². The molecule has 0 spiro atoms. The molecule has 0 aliphatic carbocycles. The molecule has 160 valence electrons. The van der Waals surface area contributed by atoms with E-state index in [1.165, 1.54) is 23.3 Å². The summed E-state index contributed by atoms with van der Waals surface area (Å²) in [6.07, 6.45) is 3.26. The second kappa shape index (κ2) is 8.09. The van der Waals surface area contributed by atoms with Crippen molar-refractivity contribution in [3.8, 4) is 17.1 Å². The fraction of sp³-hybridized carbons (Fsp3) is 0.368. The fourth-order valence-corrected chi connectivity index (χ4v) is 3.81. The number of sulfonamides is 1. The van der Waals surface area contributed by atoms with Gasteiger partial charge >= 0.3 is 0 Å². The Morgan fingerprint density at radius 1 is 1.23 bits per heavy atom. The number of anilines is 1. The van der Waals surface area contributed by atoms with Crippen molar-refractivity contribution in [3.05, 3.63) is 42.1 Å². The lowest BCUT2D eigenvalue weighted by Gasteiger charge is -2.17. The molecular formula is C19H25N7O3S. The van der Waals surface area contributed by atoms with E-state index in [9.17, 15) is 13.5 Å². The Balaban J connectivity index is 1.96. The van der Waals surface area contributed by atoms with E-state index < -0.39 is 15.6 Å². The highest BCUT2D eigenvalue weighted by Gasteiger charge is 2.19. The van der Waals surface area contributed by atoms with Crippen LogP contribution in [0.25, 0.3) is 17.1 Å². The molecule has 30 heavy (non-hydrogen) atoms. The summed E-state index contributed by atoms with van der Waals surface area (Å²) in [4.78, 5) is 12.9. The first-order chi connectivity index (χ1) is 14.0. The van der Waals surface area contributed by atoms with Crippen molar-refractivity contribution in [2.75, 3.05) is 12.3 Å². The summed E-state index contributed by atoms with van der Waals surface area (Å²) < 4.78 is 29.3. The lowest BCUT2D eigenvalue weighted by molar-refractivity contribution is 0.0728. The van der Waals surface area contributed by atoms with Crippen molar-refractivity contribution >= 4 is 15.8 Å². The maximum absolute atomic E-state index is 12.7. The number of benzene rings is 1. The van der Waals surface area contributed by atoms with E-state index in [-0.39, 0.29) is 23.7 Å². The van der Waals surface area contributed by atoms with Crippen molar-refractivity contribution in [2.24, 2.45) is 0 Å². The Kier molecular flexibility index (Phi) is 5.88. The quantitative estimate of drug-likeness (QED) is 0.508. The molecule has 2 heterocycles. The molecule has 0 saturated heterocycles. The molecule has 11 heteroatoms. The monoisotopic (exact) mass is 431 g/mol. The van der Waals surface area contributed by atoms with Gasteiger partial charge in [0.1, 0.15) is 12.2 Å². The van der Waals surface area contributed by atoms with Crippen LogP contribution in [-0.2, 0) is 10.0 Å². The van der Waals surface area contributed by atoms with Gasteiger partial charge in [0, 0.05) is 12.1 Å². The SMILES string of the molecule is Cc1ncn(-c2nc(-c3cc(S(=O)(=O)NCCC(C)(C)O)ccc3C)cnc2N)n1. The number of nitrogens with one attached hydrogen (secondary N) is 1.